The second-order valence-electron chi connectivity index (χ2n) is 6.94. The summed E-state index contributed by atoms with van der Waals surface area (Å²) in [6, 6.07) is 26.8. The standard InChI is InChI=1S/C24H21N5O2S/c1-17(28-31)18-12-14-20(15-13-18)25-22(30)16-32-24-27-26-23(19-8-4-2-5-9-19)29(24)21-10-6-3-7-11-21/h2-15,31H,16H2,1H3,(H,25,30)/b28-17-. The monoisotopic (exact) mass is 443 g/mol. The molecule has 0 bridgehead atoms. The number of rotatable bonds is 7. The van der Waals surface area contributed by atoms with Crippen molar-refractivity contribution in [1.82, 2.24) is 14.8 Å². The molecule has 0 saturated carbocycles. The summed E-state index contributed by atoms with van der Waals surface area (Å²) in [4.78, 5) is 12.5. The molecule has 7 nitrogen and oxygen atoms in total. The van der Waals surface area contributed by atoms with E-state index >= 15 is 0 Å². The third-order valence-electron chi connectivity index (χ3n) is 4.75. The highest BCUT2D eigenvalue weighted by molar-refractivity contribution is 7.99. The van der Waals surface area contributed by atoms with E-state index in [1.54, 1.807) is 31.2 Å². The molecule has 0 fully saturated rings. The summed E-state index contributed by atoms with van der Waals surface area (Å²) >= 11 is 1.32. The largest absolute Gasteiger partial charge is 0.411 e. The Bertz CT molecular complexity index is 1220. The van der Waals surface area contributed by atoms with Crippen LogP contribution in [-0.2, 0) is 4.79 Å². The molecule has 0 unspecified atom stereocenters. The SMILES string of the molecule is C/C(=N/O)c1ccc(NC(=O)CSc2nnc(-c3ccccc3)n2-c2ccccc2)cc1. The second-order valence-corrected chi connectivity index (χ2v) is 7.89. The second kappa shape index (κ2) is 9.93. The topological polar surface area (TPSA) is 92.4 Å². The number of oxime groups is 1. The summed E-state index contributed by atoms with van der Waals surface area (Å²) in [6.45, 7) is 1.71. The van der Waals surface area contributed by atoms with Crippen molar-refractivity contribution < 1.29 is 10.0 Å². The quantitative estimate of drug-likeness (QED) is 0.184. The molecule has 3 aromatic carbocycles. The van der Waals surface area contributed by atoms with E-state index in [1.807, 2.05) is 65.2 Å². The van der Waals surface area contributed by atoms with Crippen LogP contribution in [0.5, 0.6) is 0 Å². The highest BCUT2D eigenvalue weighted by Gasteiger charge is 2.17. The van der Waals surface area contributed by atoms with Crippen molar-refractivity contribution in [1.29, 1.82) is 0 Å². The van der Waals surface area contributed by atoms with Gasteiger partial charge in [-0.2, -0.15) is 0 Å². The van der Waals surface area contributed by atoms with Gasteiger partial charge in [-0.15, -0.1) is 10.2 Å². The van der Waals surface area contributed by atoms with Crippen LogP contribution in [-0.4, -0.2) is 37.3 Å². The van der Waals surface area contributed by atoms with Gasteiger partial charge in [0.25, 0.3) is 0 Å². The minimum absolute atomic E-state index is 0.154. The minimum Gasteiger partial charge on any atom is -0.411 e. The lowest BCUT2D eigenvalue weighted by Crippen LogP contribution is -2.14. The van der Waals surface area contributed by atoms with Crippen molar-refractivity contribution in [2.75, 3.05) is 11.1 Å². The summed E-state index contributed by atoms with van der Waals surface area (Å²) in [5.74, 6) is 0.744. The molecule has 0 spiro atoms. The zero-order valence-electron chi connectivity index (χ0n) is 17.3. The Morgan fingerprint density at radius 3 is 2.28 bits per heavy atom. The molecule has 0 atom stereocenters. The third-order valence-corrected chi connectivity index (χ3v) is 5.68. The van der Waals surface area contributed by atoms with Crippen LogP contribution in [0.3, 0.4) is 0 Å². The maximum atomic E-state index is 12.5. The molecular formula is C24H21N5O2S. The third kappa shape index (κ3) is 4.87. The van der Waals surface area contributed by atoms with Gasteiger partial charge in [-0.3, -0.25) is 9.36 Å². The fourth-order valence-electron chi connectivity index (χ4n) is 3.13. The molecule has 2 N–H and O–H groups in total. The van der Waals surface area contributed by atoms with Gasteiger partial charge in [-0.05, 0) is 36.8 Å². The zero-order valence-corrected chi connectivity index (χ0v) is 18.2. The number of carbonyl (C=O) groups excluding carboxylic acids is 1. The van der Waals surface area contributed by atoms with Crippen LogP contribution in [0.4, 0.5) is 5.69 Å². The number of benzene rings is 3. The molecular weight excluding hydrogens is 422 g/mol. The number of hydrogen-bond donors (Lipinski definition) is 2. The van der Waals surface area contributed by atoms with Gasteiger partial charge < -0.3 is 10.5 Å². The summed E-state index contributed by atoms with van der Waals surface area (Å²) in [5, 5.41) is 24.3. The Hall–Kier alpha value is -3.91. The molecule has 1 amide bonds. The molecule has 1 heterocycles. The Balaban J connectivity index is 1.51. The van der Waals surface area contributed by atoms with E-state index in [4.69, 9.17) is 5.21 Å². The lowest BCUT2D eigenvalue weighted by Gasteiger charge is -2.10. The van der Waals surface area contributed by atoms with E-state index in [1.165, 1.54) is 11.8 Å². The van der Waals surface area contributed by atoms with Gasteiger partial charge in [0, 0.05) is 16.9 Å². The Morgan fingerprint density at radius 2 is 1.62 bits per heavy atom. The van der Waals surface area contributed by atoms with E-state index in [0.29, 0.717) is 16.6 Å². The number of nitrogens with one attached hydrogen (secondary N) is 1. The van der Waals surface area contributed by atoms with E-state index in [9.17, 15) is 4.79 Å². The van der Waals surface area contributed by atoms with Crippen molar-refractivity contribution in [3.63, 3.8) is 0 Å². The fourth-order valence-corrected chi connectivity index (χ4v) is 3.88. The first-order chi connectivity index (χ1) is 15.7. The summed E-state index contributed by atoms with van der Waals surface area (Å²) < 4.78 is 1.96. The molecule has 4 aromatic rings. The number of amides is 1. The van der Waals surface area contributed by atoms with Crippen LogP contribution >= 0.6 is 11.8 Å². The van der Waals surface area contributed by atoms with Crippen molar-refractivity contribution in [3.05, 3.63) is 90.5 Å². The number of aromatic nitrogens is 3. The molecule has 160 valence electrons. The Morgan fingerprint density at radius 1 is 0.969 bits per heavy atom. The number of thioether (sulfide) groups is 1. The molecule has 0 aliphatic carbocycles. The predicted octanol–water partition coefficient (Wildman–Crippen LogP) is 4.86. The van der Waals surface area contributed by atoms with Crippen LogP contribution in [0.15, 0.2) is 95.2 Å². The van der Waals surface area contributed by atoms with Crippen LogP contribution < -0.4 is 5.32 Å². The van der Waals surface area contributed by atoms with E-state index in [-0.39, 0.29) is 11.7 Å². The number of para-hydroxylation sites is 1. The van der Waals surface area contributed by atoms with Crippen LogP contribution in [0.25, 0.3) is 17.1 Å². The van der Waals surface area contributed by atoms with Gasteiger partial charge in [0.05, 0.1) is 11.5 Å². The molecule has 0 aliphatic rings. The average Bonchev–Trinajstić information content (AvgIpc) is 3.28. The molecule has 0 saturated heterocycles. The number of carbonyl (C=O) groups is 1. The van der Waals surface area contributed by atoms with Crippen molar-refractivity contribution in [3.8, 4) is 17.1 Å². The molecule has 8 heteroatoms. The van der Waals surface area contributed by atoms with Crippen molar-refractivity contribution in [2.45, 2.75) is 12.1 Å². The lowest BCUT2D eigenvalue weighted by molar-refractivity contribution is -0.113. The summed E-state index contributed by atoms with van der Waals surface area (Å²) in [5.41, 5.74) is 3.83. The summed E-state index contributed by atoms with van der Waals surface area (Å²) in [6.07, 6.45) is 0. The van der Waals surface area contributed by atoms with Crippen LogP contribution in [0, 0.1) is 0 Å². The van der Waals surface area contributed by atoms with Gasteiger partial charge in [0.2, 0.25) is 5.91 Å². The number of nitrogens with zero attached hydrogens (tertiary/aromatic N) is 4. The highest BCUT2D eigenvalue weighted by atomic mass is 32.2. The summed E-state index contributed by atoms with van der Waals surface area (Å²) in [7, 11) is 0. The van der Waals surface area contributed by atoms with Gasteiger partial charge in [-0.1, -0.05) is 77.6 Å². The van der Waals surface area contributed by atoms with E-state index in [2.05, 4.69) is 20.7 Å². The van der Waals surface area contributed by atoms with Crippen LogP contribution in [0.1, 0.15) is 12.5 Å². The smallest absolute Gasteiger partial charge is 0.234 e. The highest BCUT2D eigenvalue weighted by Crippen LogP contribution is 2.28. The average molecular weight is 444 g/mol. The number of hydrogen-bond acceptors (Lipinski definition) is 6. The predicted molar refractivity (Wildman–Crippen MR) is 127 cm³/mol. The van der Waals surface area contributed by atoms with E-state index in [0.717, 1.165) is 22.6 Å². The Labute approximate surface area is 189 Å². The molecule has 32 heavy (non-hydrogen) atoms. The van der Waals surface area contributed by atoms with Crippen LogP contribution in [0.2, 0.25) is 0 Å². The zero-order chi connectivity index (χ0) is 22.3. The maximum Gasteiger partial charge on any atom is 0.234 e. The van der Waals surface area contributed by atoms with Gasteiger partial charge in [0.1, 0.15) is 0 Å². The van der Waals surface area contributed by atoms with Gasteiger partial charge in [-0.25, -0.2) is 0 Å². The first-order valence-electron chi connectivity index (χ1n) is 9.93. The maximum absolute atomic E-state index is 12.5. The van der Waals surface area contributed by atoms with Gasteiger partial charge in [0.15, 0.2) is 11.0 Å². The first-order valence-corrected chi connectivity index (χ1v) is 10.9. The van der Waals surface area contributed by atoms with Crippen molar-refractivity contribution in [2.24, 2.45) is 5.16 Å². The van der Waals surface area contributed by atoms with E-state index < -0.39 is 0 Å². The first kappa shape index (κ1) is 21.3. The molecule has 0 aliphatic heterocycles. The van der Waals surface area contributed by atoms with Gasteiger partial charge >= 0.3 is 0 Å². The minimum atomic E-state index is -0.154. The normalized spacial score (nSPS) is 11.3. The fraction of sp³-hybridized carbons (Fsp3) is 0.0833. The molecule has 4 rings (SSSR count). The number of anilines is 1. The van der Waals surface area contributed by atoms with Crippen molar-refractivity contribution >= 4 is 29.1 Å². The lowest BCUT2D eigenvalue weighted by atomic mass is 10.1. The molecule has 1 aromatic heterocycles. The molecule has 0 radical (unpaired) electrons. The Kier molecular flexibility index (Phi) is 6.62.